The Kier molecular flexibility index (Phi) is 3.89. The fourth-order valence-corrected chi connectivity index (χ4v) is 2.79. The van der Waals surface area contributed by atoms with Gasteiger partial charge in [0.1, 0.15) is 5.69 Å². The van der Waals surface area contributed by atoms with Crippen LogP contribution in [0.3, 0.4) is 0 Å². The van der Waals surface area contributed by atoms with E-state index in [-0.39, 0.29) is 7.43 Å². The number of piperazine rings is 1. The summed E-state index contributed by atoms with van der Waals surface area (Å²) in [6, 6.07) is 4.18. The fourth-order valence-electron chi connectivity index (χ4n) is 2.79. The first kappa shape index (κ1) is 15.6. The molecule has 2 aromatic rings. The molecule has 1 aliphatic rings. The zero-order valence-corrected chi connectivity index (χ0v) is 13.8. The lowest BCUT2D eigenvalue weighted by Gasteiger charge is -2.39. The molecule has 2 aromatic heterocycles. The number of hydrogen-bond acceptors (Lipinski definition) is 3. The normalized spacial score (nSPS) is 17.8. The summed E-state index contributed by atoms with van der Waals surface area (Å²) >= 11 is 0. The van der Waals surface area contributed by atoms with Crippen LogP contribution in [0.4, 0.5) is 11.5 Å². The highest BCUT2D eigenvalue weighted by atomic mass is 15.4. The van der Waals surface area contributed by atoms with Gasteiger partial charge in [-0.25, -0.2) is 4.52 Å². The Morgan fingerprint density at radius 1 is 1.14 bits per heavy atom. The molecule has 5 heteroatoms. The van der Waals surface area contributed by atoms with Gasteiger partial charge < -0.3 is 22.5 Å². The minimum absolute atomic E-state index is 0. The van der Waals surface area contributed by atoms with Crippen molar-refractivity contribution in [3.8, 4) is 0 Å². The van der Waals surface area contributed by atoms with Crippen molar-refractivity contribution in [2.24, 2.45) is 0 Å². The highest BCUT2D eigenvalue weighted by molar-refractivity contribution is 5.81. The molecule has 1 fully saturated rings. The predicted octanol–water partition coefficient (Wildman–Crippen LogP) is 1.88. The first-order chi connectivity index (χ1) is 9.39. The topological polar surface area (TPSA) is 46.6 Å². The molecule has 3 heterocycles. The minimum atomic E-state index is 0. The molecule has 1 saturated heterocycles. The van der Waals surface area contributed by atoms with Crippen LogP contribution in [0.1, 0.15) is 11.3 Å². The molecule has 0 aliphatic carbocycles. The van der Waals surface area contributed by atoms with Gasteiger partial charge in [0.25, 0.3) is 0 Å². The standard InChI is InChI=1S/C15H24N5.CH3/c1-11-5-6-13-14(16)15(17-19(13)12(11)2)18-7-9-20(3,4)10-8-18;/h5-6H,7-10,16H2,1-4H3;1H3/q+1;-1. The molecule has 0 spiro atoms. The molecule has 0 amide bonds. The summed E-state index contributed by atoms with van der Waals surface area (Å²) < 4.78 is 3.05. The van der Waals surface area contributed by atoms with E-state index >= 15 is 0 Å². The number of nitrogens with zero attached hydrogens (tertiary/aromatic N) is 4. The lowest BCUT2D eigenvalue weighted by atomic mass is 10.2. The number of aromatic nitrogens is 2. The van der Waals surface area contributed by atoms with Crippen LogP contribution in [0.5, 0.6) is 0 Å². The molecule has 0 atom stereocenters. The van der Waals surface area contributed by atoms with Crippen LogP contribution in [-0.4, -0.2) is 54.4 Å². The van der Waals surface area contributed by atoms with E-state index in [2.05, 4.69) is 45.0 Å². The third-order valence-corrected chi connectivity index (χ3v) is 4.57. The SMILES string of the molecule is Cc1ccc2c(N)c(N3CC[N+](C)(C)CC3)nn2c1C.[CH3-]. The van der Waals surface area contributed by atoms with Gasteiger partial charge in [-0.05, 0) is 25.5 Å². The van der Waals surface area contributed by atoms with E-state index in [9.17, 15) is 0 Å². The number of likely N-dealkylation sites (N-methyl/N-ethyl adjacent to an activating group) is 1. The van der Waals surface area contributed by atoms with Gasteiger partial charge in [0, 0.05) is 5.69 Å². The number of aryl methyl sites for hydroxylation is 2. The highest BCUT2D eigenvalue weighted by Crippen LogP contribution is 2.29. The maximum Gasteiger partial charge on any atom is 0.175 e. The first-order valence-electron chi connectivity index (χ1n) is 7.20. The molecule has 0 saturated carbocycles. The van der Waals surface area contributed by atoms with E-state index in [1.807, 2.05) is 4.52 Å². The fraction of sp³-hybridized carbons (Fsp3) is 0.500. The number of fused-ring (bicyclic) bond motifs is 1. The molecule has 21 heavy (non-hydrogen) atoms. The van der Waals surface area contributed by atoms with E-state index in [1.165, 1.54) is 5.56 Å². The third-order valence-electron chi connectivity index (χ3n) is 4.57. The zero-order chi connectivity index (χ0) is 14.5. The summed E-state index contributed by atoms with van der Waals surface area (Å²) in [6.45, 7) is 8.48. The Labute approximate surface area is 127 Å². The molecule has 0 radical (unpaired) electrons. The lowest BCUT2D eigenvalue weighted by Crippen LogP contribution is -2.55. The van der Waals surface area contributed by atoms with Crippen LogP contribution in [0.15, 0.2) is 12.1 Å². The van der Waals surface area contributed by atoms with Crippen molar-refractivity contribution in [2.45, 2.75) is 13.8 Å². The van der Waals surface area contributed by atoms with Gasteiger partial charge in [-0.1, -0.05) is 6.07 Å². The number of hydrogen-bond donors (Lipinski definition) is 1. The van der Waals surface area contributed by atoms with Crippen LogP contribution >= 0.6 is 0 Å². The second-order valence-corrected chi connectivity index (χ2v) is 6.51. The quantitative estimate of drug-likeness (QED) is 0.644. The summed E-state index contributed by atoms with van der Waals surface area (Å²) in [4.78, 5) is 2.32. The second kappa shape index (κ2) is 5.22. The van der Waals surface area contributed by atoms with Gasteiger partial charge in [-0.2, -0.15) is 0 Å². The van der Waals surface area contributed by atoms with E-state index in [4.69, 9.17) is 10.8 Å². The Bertz CT molecular complexity index is 646. The van der Waals surface area contributed by atoms with Crippen molar-refractivity contribution in [1.29, 1.82) is 0 Å². The number of pyridine rings is 1. The molecule has 116 valence electrons. The molecule has 1 aliphatic heterocycles. The molecule has 3 rings (SSSR count). The average molecular weight is 289 g/mol. The summed E-state index contributed by atoms with van der Waals surface area (Å²) in [6.07, 6.45) is 0. The maximum atomic E-state index is 6.33. The van der Waals surface area contributed by atoms with Gasteiger partial charge in [0.15, 0.2) is 5.82 Å². The van der Waals surface area contributed by atoms with Crippen molar-refractivity contribution in [3.05, 3.63) is 30.8 Å². The highest BCUT2D eigenvalue weighted by Gasteiger charge is 2.27. The summed E-state index contributed by atoms with van der Waals surface area (Å²) in [5.41, 5.74) is 10.5. The maximum absolute atomic E-state index is 6.33. The van der Waals surface area contributed by atoms with E-state index in [1.54, 1.807) is 0 Å². The minimum Gasteiger partial charge on any atom is -0.394 e. The molecule has 2 N–H and O–H groups in total. The Morgan fingerprint density at radius 3 is 2.38 bits per heavy atom. The van der Waals surface area contributed by atoms with E-state index < -0.39 is 0 Å². The lowest BCUT2D eigenvalue weighted by molar-refractivity contribution is -0.890. The number of anilines is 2. The number of rotatable bonds is 1. The summed E-state index contributed by atoms with van der Waals surface area (Å²) in [5.74, 6) is 0.943. The summed E-state index contributed by atoms with van der Waals surface area (Å²) in [5, 5.41) is 4.75. The van der Waals surface area contributed by atoms with Crippen molar-refractivity contribution < 1.29 is 4.48 Å². The average Bonchev–Trinajstić information content (AvgIpc) is 2.72. The van der Waals surface area contributed by atoms with Crippen molar-refractivity contribution in [3.63, 3.8) is 0 Å². The zero-order valence-electron chi connectivity index (χ0n) is 13.8. The molecule has 0 unspecified atom stereocenters. The largest absolute Gasteiger partial charge is 0.394 e. The smallest absolute Gasteiger partial charge is 0.175 e. The van der Waals surface area contributed by atoms with Crippen LogP contribution < -0.4 is 10.6 Å². The molecule has 0 aromatic carbocycles. The van der Waals surface area contributed by atoms with Gasteiger partial charge in [-0.3, -0.25) is 0 Å². The molecule has 5 nitrogen and oxygen atoms in total. The van der Waals surface area contributed by atoms with Gasteiger partial charge in [-0.15, -0.1) is 5.10 Å². The molecular formula is C16H27N5. The summed E-state index contributed by atoms with van der Waals surface area (Å²) in [7, 11) is 4.55. The van der Waals surface area contributed by atoms with E-state index in [0.29, 0.717) is 0 Å². The van der Waals surface area contributed by atoms with E-state index in [0.717, 1.165) is 53.4 Å². The number of nitrogen functional groups attached to an aromatic ring is 1. The Balaban J connectivity index is 0.00000161. The molecule has 0 bridgehead atoms. The number of nitrogens with two attached hydrogens (primary N) is 1. The Hall–Kier alpha value is -1.75. The third kappa shape index (κ3) is 2.58. The number of quaternary nitrogens is 1. The Morgan fingerprint density at radius 2 is 1.76 bits per heavy atom. The van der Waals surface area contributed by atoms with Gasteiger partial charge >= 0.3 is 0 Å². The monoisotopic (exact) mass is 289 g/mol. The second-order valence-electron chi connectivity index (χ2n) is 6.51. The van der Waals surface area contributed by atoms with Crippen LogP contribution in [-0.2, 0) is 0 Å². The van der Waals surface area contributed by atoms with Gasteiger partial charge in [0.2, 0.25) is 0 Å². The van der Waals surface area contributed by atoms with Crippen molar-refractivity contribution in [1.82, 2.24) is 9.61 Å². The van der Waals surface area contributed by atoms with Crippen LogP contribution in [0.25, 0.3) is 5.52 Å². The van der Waals surface area contributed by atoms with Crippen molar-refractivity contribution >= 4 is 17.0 Å². The molecular weight excluding hydrogens is 262 g/mol. The van der Waals surface area contributed by atoms with Crippen LogP contribution in [0, 0.1) is 21.3 Å². The van der Waals surface area contributed by atoms with Crippen molar-refractivity contribution in [2.75, 3.05) is 50.9 Å². The van der Waals surface area contributed by atoms with Crippen LogP contribution in [0.2, 0.25) is 0 Å². The van der Waals surface area contributed by atoms with Gasteiger partial charge in [0.05, 0.1) is 45.8 Å². The predicted molar refractivity (Wildman–Crippen MR) is 89.5 cm³/mol. The first-order valence-corrected chi connectivity index (χ1v) is 7.20.